The van der Waals surface area contributed by atoms with Crippen LogP contribution in [-0.2, 0) is 14.6 Å². The molecule has 0 bridgehead atoms. The van der Waals surface area contributed by atoms with Gasteiger partial charge in [0.15, 0.2) is 0 Å². The zero-order valence-corrected chi connectivity index (χ0v) is 15.6. The van der Waals surface area contributed by atoms with Crippen molar-refractivity contribution < 1.29 is 17.2 Å². The van der Waals surface area contributed by atoms with Crippen molar-refractivity contribution in [2.75, 3.05) is 0 Å². The van der Waals surface area contributed by atoms with E-state index in [2.05, 4.69) is 20.8 Å². The summed E-state index contributed by atoms with van der Waals surface area (Å²) in [6, 6.07) is 0. The fraction of sp³-hybridized carbons (Fsp3) is 1.00. The molecule has 0 fully saturated rings. The van der Waals surface area contributed by atoms with Crippen LogP contribution in [0.5, 0.6) is 0 Å². The highest BCUT2D eigenvalue weighted by molar-refractivity contribution is 7.80. The molecule has 0 amide bonds. The second-order valence-corrected chi connectivity index (χ2v) is 6.03. The topological polar surface area (TPSA) is 98.6 Å². The smallest absolute Gasteiger partial charge is 0.344 e. The van der Waals surface area contributed by atoms with Crippen molar-refractivity contribution in [3.8, 4) is 0 Å². The van der Waals surface area contributed by atoms with E-state index in [4.69, 9.17) is 8.74 Å². The molecule has 126 valence electrons. The minimum absolute atomic E-state index is 0. The Hall–Kier alpha value is 0.260. The maximum atomic E-state index is 11.1. The first-order valence-corrected chi connectivity index (χ1v) is 8.43. The maximum absolute atomic E-state index is 11.1. The molecule has 1 unspecified atom stereocenters. The highest BCUT2D eigenvalue weighted by Gasteiger charge is 2.34. The molecular formula is C13H34NO4PS. The zero-order chi connectivity index (χ0) is 14.1. The molecular weight excluding hydrogens is 297 g/mol. The normalized spacial score (nSPS) is 11.6. The Morgan fingerprint density at radius 2 is 1.20 bits per heavy atom. The van der Waals surface area contributed by atoms with Gasteiger partial charge in [-0.05, 0) is 19.3 Å². The maximum Gasteiger partial charge on any atom is 0.397 e. The first-order chi connectivity index (χ1) is 8.39. The molecule has 0 aromatic carbocycles. The predicted octanol–water partition coefficient (Wildman–Crippen LogP) is 4.34. The van der Waals surface area contributed by atoms with Gasteiger partial charge in [0.05, 0.1) is 5.60 Å². The van der Waals surface area contributed by atoms with Crippen LogP contribution in [0.1, 0.15) is 78.6 Å². The van der Waals surface area contributed by atoms with Crippen molar-refractivity contribution in [1.82, 2.24) is 6.15 Å². The van der Waals surface area contributed by atoms with Gasteiger partial charge in [-0.3, -0.25) is 4.55 Å². The lowest BCUT2D eigenvalue weighted by Gasteiger charge is -2.32. The molecule has 5 nitrogen and oxygen atoms in total. The van der Waals surface area contributed by atoms with Crippen LogP contribution >= 0.6 is 9.90 Å². The van der Waals surface area contributed by atoms with Crippen LogP contribution in [0.15, 0.2) is 0 Å². The van der Waals surface area contributed by atoms with Crippen LogP contribution in [0.4, 0.5) is 0 Å². The summed E-state index contributed by atoms with van der Waals surface area (Å²) in [6.45, 7) is 6.20. The molecule has 0 aromatic heterocycles. The Kier molecular flexibility index (Phi) is 16.3. The molecule has 0 aliphatic heterocycles. The van der Waals surface area contributed by atoms with E-state index in [0.29, 0.717) is 19.3 Å². The molecule has 0 aliphatic carbocycles. The second kappa shape index (κ2) is 13.0. The number of rotatable bonds is 11. The third kappa shape index (κ3) is 12.0. The molecule has 0 saturated carbocycles. The number of unbranched alkanes of at least 4 members (excludes halogenated alkanes) is 3. The van der Waals surface area contributed by atoms with E-state index in [0.717, 1.165) is 38.5 Å². The van der Waals surface area contributed by atoms with E-state index in [1.54, 1.807) is 0 Å². The molecule has 7 heteroatoms. The summed E-state index contributed by atoms with van der Waals surface area (Å²) in [5, 5.41) is 0. The van der Waals surface area contributed by atoms with E-state index in [1.807, 2.05) is 0 Å². The standard InChI is InChI=1S/C13H28O4S.H3N.H3P/c1-4-7-10-13(11-8-5-2,12-9-6-3)17-18(14,15)16;;/h4-12H2,1-3H3,(H,14,15,16);2*1H3. The molecule has 0 aromatic rings. The summed E-state index contributed by atoms with van der Waals surface area (Å²) in [5.41, 5.74) is -0.699. The van der Waals surface area contributed by atoms with Gasteiger partial charge in [0.2, 0.25) is 0 Å². The molecule has 4 N–H and O–H groups in total. The third-order valence-electron chi connectivity index (χ3n) is 3.24. The van der Waals surface area contributed by atoms with E-state index in [1.165, 1.54) is 0 Å². The van der Waals surface area contributed by atoms with Crippen molar-refractivity contribution in [2.45, 2.75) is 84.2 Å². The van der Waals surface area contributed by atoms with Crippen LogP contribution in [0.2, 0.25) is 0 Å². The van der Waals surface area contributed by atoms with E-state index in [9.17, 15) is 8.42 Å². The van der Waals surface area contributed by atoms with Crippen LogP contribution in [-0.4, -0.2) is 18.6 Å². The van der Waals surface area contributed by atoms with Gasteiger partial charge < -0.3 is 6.15 Å². The fourth-order valence-electron chi connectivity index (χ4n) is 2.22. The highest BCUT2D eigenvalue weighted by atomic mass is 32.3. The third-order valence-corrected chi connectivity index (χ3v) is 3.80. The summed E-state index contributed by atoms with van der Waals surface area (Å²) in [7, 11) is -4.37. The van der Waals surface area contributed by atoms with Crippen LogP contribution in [0.25, 0.3) is 0 Å². The molecule has 0 saturated heterocycles. The fourth-order valence-corrected chi connectivity index (χ4v) is 2.92. The summed E-state index contributed by atoms with van der Waals surface area (Å²) >= 11 is 0. The first kappa shape index (κ1) is 25.2. The average molecular weight is 331 g/mol. The Balaban J connectivity index is -0.00000144. The number of hydrogen-bond donors (Lipinski definition) is 2. The van der Waals surface area contributed by atoms with Crippen LogP contribution in [0, 0.1) is 0 Å². The summed E-state index contributed by atoms with van der Waals surface area (Å²) in [4.78, 5) is 0. The van der Waals surface area contributed by atoms with Gasteiger partial charge in [-0.25, -0.2) is 4.18 Å². The van der Waals surface area contributed by atoms with Gasteiger partial charge in [-0.2, -0.15) is 18.3 Å². The van der Waals surface area contributed by atoms with Crippen molar-refractivity contribution >= 4 is 20.3 Å². The lowest BCUT2D eigenvalue weighted by molar-refractivity contribution is 0.0300. The monoisotopic (exact) mass is 331 g/mol. The molecule has 20 heavy (non-hydrogen) atoms. The van der Waals surface area contributed by atoms with Crippen molar-refractivity contribution in [1.29, 1.82) is 0 Å². The minimum atomic E-state index is -4.37. The summed E-state index contributed by atoms with van der Waals surface area (Å²) in [5.74, 6) is 0. The lowest BCUT2D eigenvalue weighted by Crippen LogP contribution is -2.35. The lowest BCUT2D eigenvalue weighted by atomic mass is 9.86. The summed E-state index contributed by atoms with van der Waals surface area (Å²) in [6.07, 6.45) is 7.84. The van der Waals surface area contributed by atoms with E-state index >= 15 is 0 Å². The van der Waals surface area contributed by atoms with Crippen molar-refractivity contribution in [2.24, 2.45) is 0 Å². The summed E-state index contributed by atoms with van der Waals surface area (Å²) < 4.78 is 36.2. The van der Waals surface area contributed by atoms with Gasteiger partial charge in [0, 0.05) is 0 Å². The first-order valence-electron chi connectivity index (χ1n) is 7.07. The Morgan fingerprint density at radius 1 is 0.900 bits per heavy atom. The Bertz CT molecular complexity index is 288. The SMILES string of the molecule is CCCCC(CCCC)(CCCC)OS(=O)(=O)O.N.P. The molecule has 0 rings (SSSR count). The highest BCUT2D eigenvalue weighted by Crippen LogP contribution is 2.32. The van der Waals surface area contributed by atoms with Crippen molar-refractivity contribution in [3.63, 3.8) is 0 Å². The number of hydrogen-bond acceptors (Lipinski definition) is 4. The van der Waals surface area contributed by atoms with E-state index < -0.39 is 16.0 Å². The van der Waals surface area contributed by atoms with E-state index in [-0.39, 0.29) is 16.0 Å². The van der Waals surface area contributed by atoms with Gasteiger partial charge in [-0.15, -0.1) is 0 Å². The van der Waals surface area contributed by atoms with Gasteiger partial charge in [0.1, 0.15) is 0 Å². The van der Waals surface area contributed by atoms with Gasteiger partial charge >= 0.3 is 10.4 Å². The van der Waals surface area contributed by atoms with Gasteiger partial charge in [-0.1, -0.05) is 59.3 Å². The van der Waals surface area contributed by atoms with Crippen LogP contribution < -0.4 is 6.15 Å². The van der Waals surface area contributed by atoms with Crippen molar-refractivity contribution in [3.05, 3.63) is 0 Å². The minimum Gasteiger partial charge on any atom is -0.344 e. The molecule has 1 atom stereocenters. The molecule has 0 heterocycles. The molecule has 0 radical (unpaired) electrons. The van der Waals surface area contributed by atoms with Gasteiger partial charge in [0.25, 0.3) is 0 Å². The molecule has 0 aliphatic rings. The quantitative estimate of drug-likeness (QED) is 0.433. The zero-order valence-electron chi connectivity index (χ0n) is 13.4. The Labute approximate surface area is 128 Å². The predicted molar refractivity (Wildman–Crippen MR) is 90.1 cm³/mol. The average Bonchev–Trinajstić information content (AvgIpc) is 2.29. The molecule has 0 spiro atoms. The largest absolute Gasteiger partial charge is 0.397 e. The Morgan fingerprint density at radius 3 is 1.40 bits per heavy atom. The van der Waals surface area contributed by atoms with Crippen LogP contribution in [0.3, 0.4) is 0 Å². The second-order valence-electron chi connectivity index (χ2n) is 5.00.